The van der Waals surface area contributed by atoms with Gasteiger partial charge in [0.05, 0.1) is 0 Å². The van der Waals surface area contributed by atoms with Crippen LogP contribution in [0.15, 0.2) is 36.5 Å². The first-order valence-electron chi connectivity index (χ1n) is 18.7. The highest BCUT2D eigenvalue weighted by Crippen LogP contribution is 2.11. The molecule has 2 N–H and O–H groups in total. The molecule has 44 heavy (non-hydrogen) atoms. The summed E-state index contributed by atoms with van der Waals surface area (Å²) in [5, 5.41) is 12.8. The summed E-state index contributed by atoms with van der Waals surface area (Å²) in [5.41, 5.74) is 0. The van der Waals surface area contributed by atoms with Crippen LogP contribution in [0.5, 0.6) is 0 Å². The summed E-state index contributed by atoms with van der Waals surface area (Å²) in [6.45, 7) is 4.56. The van der Waals surface area contributed by atoms with Gasteiger partial charge in [0, 0.05) is 19.4 Å². The molecule has 0 fully saturated rings. The van der Waals surface area contributed by atoms with Crippen LogP contribution in [0.1, 0.15) is 181 Å². The molecule has 0 aromatic carbocycles. The number of esters is 1. The number of aliphatic hydroxyl groups excluding tert-OH is 1. The number of aliphatic hydroxyl groups is 1. The molecule has 0 aliphatic carbocycles. The molecule has 0 aromatic heterocycles. The van der Waals surface area contributed by atoms with Crippen LogP contribution >= 0.6 is 0 Å². The maximum atomic E-state index is 12.0. The Hall–Kier alpha value is -1.88. The quantitative estimate of drug-likeness (QED) is 0.0436. The van der Waals surface area contributed by atoms with Crippen molar-refractivity contribution >= 4 is 11.9 Å². The molecule has 0 aliphatic rings. The van der Waals surface area contributed by atoms with Crippen molar-refractivity contribution in [1.82, 2.24) is 5.32 Å². The van der Waals surface area contributed by atoms with Gasteiger partial charge in [0.2, 0.25) is 5.91 Å². The summed E-state index contributed by atoms with van der Waals surface area (Å²) >= 11 is 0. The minimum Gasteiger partial charge on any atom is -0.463 e. The minimum atomic E-state index is -0.860. The van der Waals surface area contributed by atoms with E-state index in [1.54, 1.807) is 0 Å². The first-order chi connectivity index (χ1) is 21.6. The highest BCUT2D eigenvalue weighted by Gasteiger charge is 2.10. The zero-order chi connectivity index (χ0) is 32.2. The van der Waals surface area contributed by atoms with Crippen LogP contribution < -0.4 is 5.32 Å². The van der Waals surface area contributed by atoms with E-state index in [1.165, 1.54) is 96.3 Å². The highest BCUT2D eigenvalue weighted by atomic mass is 16.5. The van der Waals surface area contributed by atoms with Crippen molar-refractivity contribution in [2.24, 2.45) is 0 Å². The lowest BCUT2D eigenvalue weighted by Crippen LogP contribution is -2.35. The van der Waals surface area contributed by atoms with Gasteiger partial charge in [0.1, 0.15) is 12.7 Å². The molecule has 0 aromatic rings. The van der Waals surface area contributed by atoms with E-state index in [9.17, 15) is 14.7 Å². The van der Waals surface area contributed by atoms with Gasteiger partial charge in [-0.2, -0.15) is 0 Å². The second-order valence-electron chi connectivity index (χ2n) is 12.5. The first-order valence-corrected chi connectivity index (χ1v) is 18.7. The fourth-order valence-corrected chi connectivity index (χ4v) is 5.08. The van der Waals surface area contributed by atoms with Gasteiger partial charge in [0.15, 0.2) is 0 Å². The van der Waals surface area contributed by atoms with Crippen molar-refractivity contribution in [1.29, 1.82) is 0 Å². The SMILES string of the molecule is CCCCCC=CCC=CCCCCCCCC(=O)NCC(O)COC(=O)CCCCCCCC=CCCCCCCCC. The molecule has 256 valence electrons. The zero-order valence-corrected chi connectivity index (χ0v) is 29.0. The Bertz CT molecular complexity index is 715. The molecule has 0 radical (unpaired) electrons. The Balaban J connectivity index is 3.48. The predicted molar refractivity (Wildman–Crippen MR) is 189 cm³/mol. The Kier molecular flexibility index (Phi) is 34.1. The van der Waals surface area contributed by atoms with Gasteiger partial charge in [-0.25, -0.2) is 0 Å². The molecule has 0 saturated carbocycles. The molecule has 0 spiro atoms. The van der Waals surface area contributed by atoms with E-state index in [-0.39, 0.29) is 25.0 Å². The van der Waals surface area contributed by atoms with Crippen LogP contribution in [-0.4, -0.2) is 36.2 Å². The topological polar surface area (TPSA) is 75.6 Å². The summed E-state index contributed by atoms with van der Waals surface area (Å²) in [6.07, 6.45) is 42.4. The molecule has 0 rings (SSSR count). The molecule has 0 heterocycles. The second-order valence-corrected chi connectivity index (χ2v) is 12.5. The third-order valence-corrected chi connectivity index (χ3v) is 7.97. The first kappa shape index (κ1) is 42.1. The van der Waals surface area contributed by atoms with Gasteiger partial charge in [-0.1, -0.05) is 134 Å². The molecule has 0 aliphatic heterocycles. The second kappa shape index (κ2) is 35.6. The van der Waals surface area contributed by atoms with Crippen LogP contribution in [0.4, 0.5) is 0 Å². The van der Waals surface area contributed by atoms with Gasteiger partial charge >= 0.3 is 5.97 Å². The number of ether oxygens (including phenoxy) is 1. The third kappa shape index (κ3) is 34.6. The van der Waals surface area contributed by atoms with Crippen molar-refractivity contribution in [2.75, 3.05) is 13.2 Å². The Labute approximate surface area is 272 Å². The van der Waals surface area contributed by atoms with Crippen molar-refractivity contribution in [2.45, 2.75) is 187 Å². The van der Waals surface area contributed by atoms with Gasteiger partial charge in [-0.15, -0.1) is 0 Å². The normalized spacial score (nSPS) is 12.5. The number of carbonyl (C=O) groups excluding carboxylic acids is 2. The van der Waals surface area contributed by atoms with Gasteiger partial charge in [-0.3, -0.25) is 9.59 Å². The average molecular weight is 618 g/mol. The number of hydrogen-bond acceptors (Lipinski definition) is 4. The molecule has 1 unspecified atom stereocenters. The third-order valence-electron chi connectivity index (χ3n) is 7.97. The number of allylic oxidation sites excluding steroid dienone is 6. The Morgan fingerprint density at radius 1 is 0.568 bits per heavy atom. The predicted octanol–water partition coefficient (Wildman–Crippen LogP) is 10.9. The Morgan fingerprint density at radius 3 is 1.52 bits per heavy atom. The van der Waals surface area contributed by atoms with E-state index < -0.39 is 6.10 Å². The van der Waals surface area contributed by atoms with Crippen LogP contribution in [0.2, 0.25) is 0 Å². The van der Waals surface area contributed by atoms with E-state index in [1.807, 2.05) is 0 Å². The van der Waals surface area contributed by atoms with Crippen molar-refractivity contribution < 1.29 is 19.4 Å². The standard InChI is InChI=1S/C39H71NO4/c1-3-5-7-9-11-13-15-17-19-21-23-25-27-29-31-33-38(42)40-35-37(41)36-44-39(43)34-32-30-28-26-24-22-20-18-16-14-12-10-8-6-4-2/h11,13,17-20,37,41H,3-10,12,14-16,21-36H2,1-2H3,(H,40,42). The molecule has 1 atom stereocenters. The maximum Gasteiger partial charge on any atom is 0.305 e. The molecular formula is C39H71NO4. The van der Waals surface area contributed by atoms with E-state index in [0.29, 0.717) is 12.8 Å². The smallest absolute Gasteiger partial charge is 0.305 e. The molecule has 0 saturated heterocycles. The van der Waals surface area contributed by atoms with Gasteiger partial charge in [-0.05, 0) is 70.6 Å². The minimum absolute atomic E-state index is 0.0469. The summed E-state index contributed by atoms with van der Waals surface area (Å²) in [5.74, 6) is -0.313. The van der Waals surface area contributed by atoms with Crippen LogP contribution in [-0.2, 0) is 14.3 Å². The van der Waals surface area contributed by atoms with Gasteiger partial charge < -0.3 is 15.2 Å². The Morgan fingerprint density at radius 2 is 0.977 bits per heavy atom. The highest BCUT2D eigenvalue weighted by molar-refractivity contribution is 5.75. The van der Waals surface area contributed by atoms with E-state index in [0.717, 1.165) is 57.8 Å². The van der Waals surface area contributed by atoms with Crippen molar-refractivity contribution in [3.63, 3.8) is 0 Å². The number of rotatable bonds is 33. The number of unbranched alkanes of at least 4 members (excludes halogenated alkanes) is 19. The fraction of sp³-hybridized carbons (Fsp3) is 0.795. The number of carbonyl (C=O) groups is 2. The molecule has 1 amide bonds. The molecular weight excluding hydrogens is 546 g/mol. The number of hydrogen-bond donors (Lipinski definition) is 2. The van der Waals surface area contributed by atoms with Crippen molar-refractivity contribution in [3.05, 3.63) is 36.5 Å². The van der Waals surface area contributed by atoms with E-state index in [2.05, 4.69) is 55.6 Å². The fourth-order valence-electron chi connectivity index (χ4n) is 5.08. The molecule has 5 nitrogen and oxygen atoms in total. The average Bonchev–Trinajstić information content (AvgIpc) is 3.02. The zero-order valence-electron chi connectivity index (χ0n) is 29.0. The van der Waals surface area contributed by atoms with Crippen LogP contribution in [0, 0.1) is 0 Å². The lowest BCUT2D eigenvalue weighted by atomic mass is 10.1. The van der Waals surface area contributed by atoms with E-state index >= 15 is 0 Å². The maximum absolute atomic E-state index is 12.0. The summed E-state index contributed by atoms with van der Waals surface area (Å²) in [7, 11) is 0. The monoisotopic (exact) mass is 618 g/mol. The lowest BCUT2D eigenvalue weighted by molar-refractivity contribution is -0.146. The summed E-state index contributed by atoms with van der Waals surface area (Å²) in [6, 6.07) is 0. The van der Waals surface area contributed by atoms with Crippen LogP contribution in [0.3, 0.4) is 0 Å². The summed E-state index contributed by atoms with van der Waals surface area (Å²) in [4.78, 5) is 24.0. The largest absolute Gasteiger partial charge is 0.463 e. The lowest BCUT2D eigenvalue weighted by Gasteiger charge is -2.12. The van der Waals surface area contributed by atoms with E-state index in [4.69, 9.17) is 4.74 Å². The summed E-state index contributed by atoms with van der Waals surface area (Å²) < 4.78 is 5.19. The number of amides is 1. The molecule has 5 heteroatoms. The van der Waals surface area contributed by atoms with Crippen molar-refractivity contribution in [3.8, 4) is 0 Å². The molecule has 0 bridgehead atoms. The van der Waals surface area contributed by atoms with Crippen LogP contribution in [0.25, 0.3) is 0 Å². The van der Waals surface area contributed by atoms with Gasteiger partial charge in [0.25, 0.3) is 0 Å². The number of nitrogens with one attached hydrogen (secondary N) is 1.